The molecule has 4 aromatic rings. The molecule has 0 saturated heterocycles. The maximum Gasteiger partial charge on any atom is 0.227 e. The van der Waals surface area contributed by atoms with Crippen LogP contribution in [-0.2, 0) is 30.6 Å². The summed E-state index contributed by atoms with van der Waals surface area (Å²) in [6.07, 6.45) is 3.05. The van der Waals surface area contributed by atoms with Gasteiger partial charge in [-0.25, -0.2) is 0 Å². The molecule has 7 nitrogen and oxygen atoms in total. The van der Waals surface area contributed by atoms with Crippen LogP contribution < -0.4 is 4.90 Å². The van der Waals surface area contributed by atoms with Crippen molar-refractivity contribution in [3.63, 3.8) is 0 Å². The summed E-state index contributed by atoms with van der Waals surface area (Å²) in [6.45, 7) is 4.79. The number of fused-ring (bicyclic) bond motifs is 1. The number of rotatable bonds is 6. The van der Waals surface area contributed by atoms with Crippen LogP contribution >= 0.6 is 12.4 Å². The Balaban J connectivity index is 0.00000274. The predicted octanol–water partition coefficient (Wildman–Crippen LogP) is 4.95. The predicted molar refractivity (Wildman–Crippen MR) is 135 cm³/mol. The van der Waals surface area contributed by atoms with Gasteiger partial charge in [0.15, 0.2) is 0 Å². The minimum atomic E-state index is 0. The van der Waals surface area contributed by atoms with Crippen LogP contribution in [0.4, 0.5) is 5.69 Å². The van der Waals surface area contributed by atoms with Gasteiger partial charge >= 0.3 is 0 Å². The summed E-state index contributed by atoms with van der Waals surface area (Å²) >= 11 is 0. The van der Waals surface area contributed by atoms with Crippen molar-refractivity contribution in [2.45, 2.75) is 46.1 Å². The molecule has 0 atom stereocenters. The smallest absolute Gasteiger partial charge is 0.227 e. The molecule has 34 heavy (non-hydrogen) atoms. The Morgan fingerprint density at radius 2 is 1.74 bits per heavy atom. The van der Waals surface area contributed by atoms with E-state index in [0.717, 1.165) is 58.6 Å². The lowest BCUT2D eigenvalue weighted by Gasteiger charge is -2.31. The molecule has 0 bridgehead atoms. The van der Waals surface area contributed by atoms with Gasteiger partial charge in [-0.3, -0.25) is 9.78 Å². The van der Waals surface area contributed by atoms with E-state index in [1.807, 2.05) is 23.1 Å². The molecule has 1 aliphatic rings. The Bertz CT molecular complexity index is 1290. The van der Waals surface area contributed by atoms with Crippen molar-refractivity contribution in [1.29, 1.82) is 0 Å². The van der Waals surface area contributed by atoms with Crippen LogP contribution in [0.15, 0.2) is 54.6 Å². The number of amides is 1. The van der Waals surface area contributed by atoms with Crippen molar-refractivity contribution in [3.05, 3.63) is 77.1 Å². The first-order valence-electron chi connectivity index (χ1n) is 11.4. The molecular formula is C26H27ClN6O. The fourth-order valence-corrected chi connectivity index (χ4v) is 4.51. The fourth-order valence-electron chi connectivity index (χ4n) is 4.51. The number of carbonyl (C=O) groups is 1. The van der Waals surface area contributed by atoms with Crippen LogP contribution in [0.25, 0.3) is 22.5 Å². The summed E-state index contributed by atoms with van der Waals surface area (Å²) in [5.74, 6) is 0.738. The zero-order valence-electron chi connectivity index (χ0n) is 19.3. The molecule has 0 saturated carbocycles. The number of pyridine rings is 1. The molecule has 2 aromatic carbocycles. The first kappa shape index (κ1) is 23.6. The topological polar surface area (TPSA) is 87.7 Å². The second-order valence-corrected chi connectivity index (χ2v) is 8.22. The highest BCUT2D eigenvalue weighted by Gasteiger charge is 2.27. The first-order valence-corrected chi connectivity index (χ1v) is 11.4. The van der Waals surface area contributed by atoms with E-state index in [0.29, 0.717) is 18.8 Å². The lowest BCUT2D eigenvalue weighted by molar-refractivity contribution is -0.119. The van der Waals surface area contributed by atoms with Gasteiger partial charge in [-0.1, -0.05) is 62.4 Å². The molecule has 0 fully saturated rings. The van der Waals surface area contributed by atoms with E-state index in [1.165, 1.54) is 5.56 Å². The monoisotopic (exact) mass is 474 g/mol. The van der Waals surface area contributed by atoms with Gasteiger partial charge in [0.2, 0.25) is 11.7 Å². The number of anilines is 1. The standard InChI is InChI=1S/C26H26N6O.ClH/c1-3-19-15-24-22(23(4-2)27-19)13-14-25(33)32(24)16-17-9-11-18(12-10-17)20-7-5-6-8-21(20)26-28-30-31-29-26;/h5-12,15H,3-4,13-14,16H2,1-2H3,(H,28,29,30,31);1H. The highest BCUT2D eigenvalue weighted by atomic mass is 35.5. The average molecular weight is 475 g/mol. The van der Waals surface area contributed by atoms with E-state index in [-0.39, 0.29) is 18.3 Å². The van der Waals surface area contributed by atoms with E-state index in [1.54, 1.807) is 0 Å². The van der Waals surface area contributed by atoms with Gasteiger partial charge in [0.1, 0.15) is 0 Å². The van der Waals surface area contributed by atoms with E-state index in [9.17, 15) is 4.79 Å². The number of halogens is 1. The van der Waals surface area contributed by atoms with E-state index >= 15 is 0 Å². The number of hydrogen-bond donors (Lipinski definition) is 1. The summed E-state index contributed by atoms with van der Waals surface area (Å²) in [6, 6.07) is 18.5. The van der Waals surface area contributed by atoms with Crippen molar-refractivity contribution in [1.82, 2.24) is 25.6 Å². The van der Waals surface area contributed by atoms with Crippen LogP contribution in [0, 0.1) is 0 Å². The molecule has 1 N–H and O–H groups in total. The second kappa shape index (κ2) is 10.1. The molecule has 8 heteroatoms. The van der Waals surface area contributed by atoms with Crippen LogP contribution in [0.1, 0.15) is 42.8 Å². The van der Waals surface area contributed by atoms with Crippen LogP contribution in [0.3, 0.4) is 0 Å². The van der Waals surface area contributed by atoms with Gasteiger partial charge < -0.3 is 4.90 Å². The Hall–Kier alpha value is -3.58. The molecule has 2 aromatic heterocycles. The summed E-state index contributed by atoms with van der Waals surface area (Å²) in [4.78, 5) is 19.6. The Kier molecular flexibility index (Phi) is 7.03. The molecule has 3 heterocycles. The molecular weight excluding hydrogens is 448 g/mol. The van der Waals surface area contributed by atoms with Crippen LogP contribution in [0.5, 0.6) is 0 Å². The lowest BCUT2D eigenvalue weighted by Crippen LogP contribution is -2.35. The highest BCUT2D eigenvalue weighted by molar-refractivity contribution is 5.96. The van der Waals surface area contributed by atoms with E-state index in [4.69, 9.17) is 4.98 Å². The van der Waals surface area contributed by atoms with Crippen molar-refractivity contribution in [2.75, 3.05) is 4.90 Å². The molecule has 1 amide bonds. The third-order valence-corrected chi connectivity index (χ3v) is 6.24. The van der Waals surface area contributed by atoms with E-state index < -0.39 is 0 Å². The zero-order valence-corrected chi connectivity index (χ0v) is 20.1. The van der Waals surface area contributed by atoms with Crippen molar-refractivity contribution < 1.29 is 4.79 Å². The summed E-state index contributed by atoms with van der Waals surface area (Å²) < 4.78 is 0. The number of tetrazole rings is 1. The van der Waals surface area contributed by atoms with Crippen LogP contribution in [0.2, 0.25) is 0 Å². The number of carbonyl (C=O) groups excluding carboxylic acids is 1. The van der Waals surface area contributed by atoms with Crippen molar-refractivity contribution in [3.8, 4) is 22.5 Å². The molecule has 0 spiro atoms. The average Bonchev–Trinajstić information content (AvgIpc) is 3.40. The number of aromatic nitrogens is 5. The number of nitrogens with one attached hydrogen (secondary N) is 1. The molecule has 0 radical (unpaired) electrons. The number of hydrogen-bond acceptors (Lipinski definition) is 5. The third kappa shape index (κ3) is 4.43. The summed E-state index contributed by atoms with van der Waals surface area (Å²) in [5.41, 5.74) is 8.53. The Morgan fingerprint density at radius 1 is 0.971 bits per heavy atom. The quantitative estimate of drug-likeness (QED) is 0.427. The summed E-state index contributed by atoms with van der Waals surface area (Å²) in [7, 11) is 0. The van der Waals surface area contributed by atoms with Gasteiger partial charge in [-0.2, -0.15) is 5.21 Å². The Morgan fingerprint density at radius 3 is 2.41 bits per heavy atom. The normalized spacial score (nSPS) is 12.9. The maximum atomic E-state index is 12.9. The minimum absolute atomic E-state index is 0. The van der Waals surface area contributed by atoms with Gasteiger partial charge in [0, 0.05) is 23.4 Å². The first-order chi connectivity index (χ1) is 16.2. The number of benzene rings is 2. The zero-order chi connectivity index (χ0) is 22.8. The third-order valence-electron chi connectivity index (χ3n) is 6.24. The fraction of sp³-hybridized carbons (Fsp3) is 0.269. The van der Waals surface area contributed by atoms with Gasteiger partial charge in [0.05, 0.1) is 12.2 Å². The largest absolute Gasteiger partial charge is 0.308 e. The molecule has 0 aliphatic carbocycles. The van der Waals surface area contributed by atoms with Gasteiger partial charge in [-0.05, 0) is 52.8 Å². The minimum Gasteiger partial charge on any atom is -0.308 e. The molecule has 1 aliphatic heterocycles. The second-order valence-electron chi connectivity index (χ2n) is 8.22. The number of nitrogens with zero attached hydrogens (tertiary/aromatic N) is 5. The molecule has 174 valence electrons. The summed E-state index contributed by atoms with van der Waals surface area (Å²) in [5, 5.41) is 14.5. The van der Waals surface area contributed by atoms with Crippen molar-refractivity contribution >= 4 is 24.0 Å². The number of aryl methyl sites for hydroxylation is 2. The van der Waals surface area contributed by atoms with E-state index in [2.05, 4.69) is 70.9 Å². The van der Waals surface area contributed by atoms with Gasteiger partial charge in [-0.15, -0.1) is 22.6 Å². The lowest BCUT2D eigenvalue weighted by atomic mass is 9.96. The highest BCUT2D eigenvalue weighted by Crippen LogP contribution is 2.33. The molecule has 0 unspecified atom stereocenters. The SMILES string of the molecule is CCc1cc2c(c(CC)n1)CCC(=O)N2Cc1ccc(-c2ccccc2-c2nn[nH]n2)cc1.Cl. The van der Waals surface area contributed by atoms with Crippen LogP contribution in [-0.4, -0.2) is 31.5 Å². The molecule has 5 rings (SSSR count). The number of H-pyrrole nitrogens is 1. The maximum absolute atomic E-state index is 12.9. The number of aromatic amines is 1. The van der Waals surface area contributed by atoms with Gasteiger partial charge in [0.25, 0.3) is 0 Å². The van der Waals surface area contributed by atoms with Crippen molar-refractivity contribution in [2.24, 2.45) is 0 Å². The Labute approximate surface area is 205 Å².